The van der Waals surface area contributed by atoms with Crippen LogP contribution in [0.1, 0.15) is 64.1 Å². The van der Waals surface area contributed by atoms with Crippen molar-refractivity contribution in [3.8, 4) is 0 Å². The Morgan fingerprint density at radius 1 is 1.29 bits per heavy atom. The van der Waals surface area contributed by atoms with Gasteiger partial charge in [0.1, 0.15) is 17.3 Å². The minimum atomic E-state index is 0.146. The number of amides is 1. The van der Waals surface area contributed by atoms with E-state index < -0.39 is 0 Å². The van der Waals surface area contributed by atoms with Crippen LogP contribution in [0.3, 0.4) is 0 Å². The highest BCUT2D eigenvalue weighted by Crippen LogP contribution is 2.33. The summed E-state index contributed by atoms with van der Waals surface area (Å²) in [5.74, 6) is 3.40. The van der Waals surface area contributed by atoms with Crippen molar-refractivity contribution in [3.63, 3.8) is 0 Å². The van der Waals surface area contributed by atoms with Gasteiger partial charge in [-0.05, 0) is 39.5 Å². The van der Waals surface area contributed by atoms with Crippen LogP contribution in [-0.2, 0) is 19.9 Å². The molecule has 1 amide bonds. The highest BCUT2D eigenvalue weighted by molar-refractivity contribution is 5.97. The Balaban J connectivity index is 1.56. The Kier molecular flexibility index (Phi) is 3.74. The molecule has 128 valence electrons. The summed E-state index contributed by atoms with van der Waals surface area (Å²) >= 11 is 0. The third kappa shape index (κ3) is 2.46. The molecule has 1 unspecified atom stereocenters. The molecule has 0 radical (unpaired) electrons. The van der Waals surface area contributed by atoms with Gasteiger partial charge in [0.05, 0.1) is 11.3 Å². The summed E-state index contributed by atoms with van der Waals surface area (Å²) in [7, 11) is 2.04. The summed E-state index contributed by atoms with van der Waals surface area (Å²) in [6, 6.07) is 0. The first-order valence-electron chi connectivity index (χ1n) is 8.95. The van der Waals surface area contributed by atoms with Crippen molar-refractivity contribution in [1.82, 2.24) is 14.5 Å². The number of fused-ring (bicyclic) bond motifs is 1. The molecular weight excluding hydrogens is 302 g/mol. The minimum absolute atomic E-state index is 0.146. The molecule has 4 rings (SSSR count). The Morgan fingerprint density at radius 2 is 2.08 bits per heavy atom. The maximum Gasteiger partial charge on any atom is 0.257 e. The number of hydrogen-bond donors (Lipinski definition) is 0. The molecule has 0 spiro atoms. The van der Waals surface area contributed by atoms with Crippen LogP contribution in [0.5, 0.6) is 0 Å². The quantitative estimate of drug-likeness (QED) is 0.851. The Hall–Kier alpha value is -2.04. The van der Waals surface area contributed by atoms with Crippen molar-refractivity contribution in [2.75, 3.05) is 13.1 Å². The molecule has 2 aliphatic rings. The van der Waals surface area contributed by atoms with E-state index in [0.717, 1.165) is 73.8 Å². The van der Waals surface area contributed by atoms with Gasteiger partial charge in [-0.3, -0.25) is 4.79 Å². The van der Waals surface area contributed by atoms with Crippen molar-refractivity contribution < 1.29 is 9.21 Å². The average Bonchev–Trinajstić information content (AvgIpc) is 3.23. The smallest absolute Gasteiger partial charge is 0.257 e. The Labute approximate surface area is 142 Å². The van der Waals surface area contributed by atoms with E-state index in [-0.39, 0.29) is 5.91 Å². The summed E-state index contributed by atoms with van der Waals surface area (Å²) in [5.41, 5.74) is 3.04. The van der Waals surface area contributed by atoms with Crippen LogP contribution in [0.15, 0.2) is 10.6 Å². The molecule has 5 heteroatoms. The highest BCUT2D eigenvalue weighted by atomic mass is 16.3. The van der Waals surface area contributed by atoms with Crippen molar-refractivity contribution in [1.29, 1.82) is 0 Å². The van der Waals surface area contributed by atoms with E-state index in [4.69, 9.17) is 4.42 Å². The Bertz CT molecular complexity index is 787. The lowest BCUT2D eigenvalue weighted by molar-refractivity contribution is 0.0787. The van der Waals surface area contributed by atoms with E-state index in [9.17, 15) is 4.79 Å². The molecule has 24 heavy (non-hydrogen) atoms. The zero-order chi connectivity index (χ0) is 16.8. The van der Waals surface area contributed by atoms with Gasteiger partial charge in [-0.2, -0.15) is 0 Å². The molecule has 1 saturated heterocycles. The fourth-order valence-corrected chi connectivity index (χ4v) is 4.31. The topological polar surface area (TPSA) is 51.3 Å². The molecule has 5 nitrogen and oxygen atoms in total. The fraction of sp³-hybridized carbons (Fsp3) is 0.579. The van der Waals surface area contributed by atoms with E-state index in [1.165, 1.54) is 5.56 Å². The molecule has 1 atom stereocenters. The Morgan fingerprint density at radius 3 is 2.83 bits per heavy atom. The number of aromatic nitrogens is 2. The summed E-state index contributed by atoms with van der Waals surface area (Å²) in [4.78, 5) is 19.7. The van der Waals surface area contributed by atoms with Gasteiger partial charge in [0.15, 0.2) is 0 Å². The van der Waals surface area contributed by atoms with Crippen LogP contribution in [-0.4, -0.2) is 33.4 Å². The second kappa shape index (κ2) is 5.80. The van der Waals surface area contributed by atoms with Crippen molar-refractivity contribution in [3.05, 3.63) is 40.4 Å². The SMILES string of the molecule is Cc1cn(C)c(C2CCN(C(=O)c3c(C)oc4c3CCCC4)C2)n1. The second-order valence-electron chi connectivity index (χ2n) is 7.23. The predicted molar refractivity (Wildman–Crippen MR) is 91.3 cm³/mol. The molecule has 0 N–H and O–H groups in total. The zero-order valence-corrected chi connectivity index (χ0v) is 14.8. The van der Waals surface area contributed by atoms with Gasteiger partial charge < -0.3 is 13.9 Å². The first-order chi connectivity index (χ1) is 11.5. The summed E-state index contributed by atoms with van der Waals surface area (Å²) < 4.78 is 7.98. The molecule has 1 aliphatic heterocycles. The third-order valence-corrected chi connectivity index (χ3v) is 5.43. The van der Waals surface area contributed by atoms with Crippen molar-refractivity contribution in [2.24, 2.45) is 7.05 Å². The van der Waals surface area contributed by atoms with Gasteiger partial charge in [-0.25, -0.2) is 4.98 Å². The van der Waals surface area contributed by atoms with Gasteiger partial charge in [0, 0.05) is 44.2 Å². The van der Waals surface area contributed by atoms with Crippen LogP contribution in [0.4, 0.5) is 0 Å². The molecule has 2 aromatic rings. The largest absolute Gasteiger partial charge is 0.465 e. The molecule has 2 aromatic heterocycles. The zero-order valence-electron chi connectivity index (χ0n) is 14.8. The minimum Gasteiger partial charge on any atom is -0.465 e. The first-order valence-corrected chi connectivity index (χ1v) is 8.95. The molecule has 0 bridgehead atoms. The van der Waals surface area contributed by atoms with Crippen LogP contribution in [0.25, 0.3) is 0 Å². The molecule has 0 aromatic carbocycles. The first kappa shape index (κ1) is 15.5. The number of rotatable bonds is 2. The van der Waals surface area contributed by atoms with Crippen molar-refractivity contribution >= 4 is 5.91 Å². The normalized spacial score (nSPS) is 20.5. The number of furan rings is 1. The highest BCUT2D eigenvalue weighted by Gasteiger charge is 2.34. The number of nitrogens with zero attached hydrogens (tertiary/aromatic N) is 3. The van der Waals surface area contributed by atoms with Gasteiger partial charge in [0.25, 0.3) is 5.91 Å². The number of carbonyl (C=O) groups excluding carboxylic acids is 1. The van der Waals surface area contributed by atoms with E-state index in [2.05, 4.69) is 15.7 Å². The molecule has 1 aliphatic carbocycles. The van der Waals surface area contributed by atoms with Gasteiger partial charge in [0.2, 0.25) is 0 Å². The van der Waals surface area contributed by atoms with Crippen LogP contribution in [0.2, 0.25) is 0 Å². The third-order valence-electron chi connectivity index (χ3n) is 5.43. The van der Waals surface area contributed by atoms with E-state index in [1.807, 2.05) is 25.8 Å². The summed E-state index contributed by atoms with van der Waals surface area (Å²) in [5, 5.41) is 0. The average molecular weight is 327 g/mol. The van der Waals surface area contributed by atoms with E-state index in [0.29, 0.717) is 5.92 Å². The summed E-state index contributed by atoms with van der Waals surface area (Å²) in [6.07, 6.45) is 7.30. The van der Waals surface area contributed by atoms with Crippen molar-refractivity contribution in [2.45, 2.75) is 51.9 Å². The lowest BCUT2D eigenvalue weighted by Gasteiger charge is -2.18. The standard InChI is InChI=1S/C19H25N3O2/c1-12-10-21(3)18(20-12)14-8-9-22(11-14)19(23)17-13(2)24-16-7-5-4-6-15(16)17/h10,14H,4-9,11H2,1-3H3. The number of likely N-dealkylation sites (tertiary alicyclic amines) is 1. The molecule has 0 saturated carbocycles. The maximum atomic E-state index is 13.1. The molecular formula is C19H25N3O2. The number of imidazole rings is 1. The predicted octanol–water partition coefficient (Wildman–Crippen LogP) is 3.14. The lowest BCUT2D eigenvalue weighted by Crippen LogP contribution is -2.30. The summed E-state index contributed by atoms with van der Waals surface area (Å²) in [6.45, 7) is 5.50. The molecule has 1 fully saturated rings. The number of hydrogen-bond acceptors (Lipinski definition) is 3. The number of carbonyl (C=O) groups is 1. The fourth-order valence-electron chi connectivity index (χ4n) is 4.31. The van der Waals surface area contributed by atoms with Crippen LogP contribution < -0.4 is 0 Å². The second-order valence-corrected chi connectivity index (χ2v) is 7.23. The number of aryl methyl sites for hydroxylation is 4. The van der Waals surface area contributed by atoms with Gasteiger partial charge >= 0.3 is 0 Å². The van der Waals surface area contributed by atoms with Crippen LogP contribution >= 0.6 is 0 Å². The van der Waals surface area contributed by atoms with E-state index >= 15 is 0 Å². The lowest BCUT2D eigenvalue weighted by atomic mass is 9.94. The molecule has 3 heterocycles. The monoisotopic (exact) mass is 327 g/mol. The van der Waals surface area contributed by atoms with Crippen LogP contribution in [0, 0.1) is 13.8 Å². The van der Waals surface area contributed by atoms with E-state index in [1.54, 1.807) is 0 Å². The van der Waals surface area contributed by atoms with Gasteiger partial charge in [-0.15, -0.1) is 0 Å². The van der Waals surface area contributed by atoms with Gasteiger partial charge in [-0.1, -0.05) is 0 Å². The maximum absolute atomic E-state index is 13.1.